The summed E-state index contributed by atoms with van der Waals surface area (Å²) in [6.07, 6.45) is 5.23. The number of amides is 1. The molecule has 6 nitrogen and oxygen atoms in total. The minimum absolute atomic E-state index is 0.0462. The van der Waals surface area contributed by atoms with Gasteiger partial charge in [0.2, 0.25) is 5.91 Å². The number of rotatable bonds is 3. The SMILES string of the molecule is CN1CCCN(C(=O)Cc2ccc(-n3cccc3)cc2)c2nc3ccccc3nc21. The molecule has 0 atom stereocenters. The Hall–Kier alpha value is -3.67. The van der Waals surface area contributed by atoms with Gasteiger partial charge in [-0.05, 0) is 48.4 Å². The number of anilines is 2. The lowest BCUT2D eigenvalue weighted by molar-refractivity contribution is -0.118. The summed E-state index contributed by atoms with van der Waals surface area (Å²) in [6, 6.07) is 19.9. The van der Waals surface area contributed by atoms with Crippen molar-refractivity contribution in [3.63, 3.8) is 0 Å². The molecule has 2 aromatic heterocycles. The van der Waals surface area contributed by atoms with Crippen molar-refractivity contribution in [1.82, 2.24) is 14.5 Å². The average Bonchev–Trinajstić information content (AvgIpc) is 3.26. The van der Waals surface area contributed by atoms with Crippen molar-refractivity contribution in [3.05, 3.63) is 78.6 Å². The van der Waals surface area contributed by atoms with E-state index in [0.717, 1.165) is 41.1 Å². The van der Waals surface area contributed by atoms with Crippen LogP contribution in [-0.4, -0.2) is 40.6 Å². The summed E-state index contributed by atoms with van der Waals surface area (Å²) in [5, 5.41) is 0. The predicted molar refractivity (Wildman–Crippen MR) is 119 cm³/mol. The molecule has 6 heteroatoms. The number of carbonyl (C=O) groups is 1. The summed E-state index contributed by atoms with van der Waals surface area (Å²) in [6.45, 7) is 1.49. The first-order chi connectivity index (χ1) is 14.7. The monoisotopic (exact) mass is 397 g/mol. The molecule has 1 aliphatic heterocycles. The fraction of sp³-hybridized carbons (Fsp3) is 0.208. The van der Waals surface area contributed by atoms with Crippen LogP contribution in [0, 0.1) is 0 Å². The van der Waals surface area contributed by atoms with E-state index in [-0.39, 0.29) is 5.91 Å². The second kappa shape index (κ2) is 7.63. The van der Waals surface area contributed by atoms with Gasteiger partial charge in [0.1, 0.15) is 0 Å². The number of para-hydroxylation sites is 2. The standard InChI is InChI=1S/C24H23N5O/c1-27-13-6-16-29(24-23(27)25-20-7-2-3-8-21(20)26-24)22(30)17-18-9-11-19(12-10-18)28-14-4-5-15-28/h2-5,7-12,14-15H,6,13,16-17H2,1H3. The highest BCUT2D eigenvalue weighted by Gasteiger charge is 2.26. The molecule has 4 aromatic rings. The van der Waals surface area contributed by atoms with Crippen LogP contribution in [0.1, 0.15) is 12.0 Å². The first-order valence-electron chi connectivity index (χ1n) is 10.2. The van der Waals surface area contributed by atoms with E-state index in [4.69, 9.17) is 9.97 Å². The fourth-order valence-corrected chi connectivity index (χ4v) is 3.90. The first-order valence-corrected chi connectivity index (χ1v) is 10.2. The Kier molecular flexibility index (Phi) is 4.67. The van der Waals surface area contributed by atoms with Gasteiger partial charge in [0.15, 0.2) is 11.6 Å². The molecule has 0 N–H and O–H groups in total. The lowest BCUT2D eigenvalue weighted by atomic mass is 10.1. The Labute approximate surface area is 175 Å². The van der Waals surface area contributed by atoms with Crippen molar-refractivity contribution in [2.24, 2.45) is 0 Å². The van der Waals surface area contributed by atoms with Gasteiger partial charge in [-0.3, -0.25) is 9.69 Å². The van der Waals surface area contributed by atoms with Crippen LogP contribution in [0.2, 0.25) is 0 Å². The van der Waals surface area contributed by atoms with Crippen molar-refractivity contribution < 1.29 is 4.79 Å². The maximum absolute atomic E-state index is 13.3. The molecule has 150 valence electrons. The number of carbonyl (C=O) groups excluding carboxylic acids is 1. The number of aromatic nitrogens is 3. The normalized spacial score (nSPS) is 13.9. The van der Waals surface area contributed by atoms with E-state index in [1.807, 2.05) is 84.7 Å². The molecule has 0 radical (unpaired) electrons. The summed E-state index contributed by atoms with van der Waals surface area (Å²) < 4.78 is 2.05. The van der Waals surface area contributed by atoms with Gasteiger partial charge in [0.25, 0.3) is 0 Å². The fourth-order valence-electron chi connectivity index (χ4n) is 3.90. The summed E-state index contributed by atoms with van der Waals surface area (Å²) >= 11 is 0. The second-order valence-electron chi connectivity index (χ2n) is 7.61. The molecule has 0 aliphatic carbocycles. The van der Waals surface area contributed by atoms with Crippen LogP contribution in [-0.2, 0) is 11.2 Å². The minimum atomic E-state index is 0.0462. The minimum Gasteiger partial charge on any atom is -0.357 e. The predicted octanol–water partition coefficient (Wildman–Crippen LogP) is 3.84. The number of hydrogen-bond acceptors (Lipinski definition) is 4. The zero-order valence-corrected chi connectivity index (χ0v) is 16.9. The van der Waals surface area contributed by atoms with Gasteiger partial charge in [-0.1, -0.05) is 24.3 Å². The van der Waals surface area contributed by atoms with Crippen LogP contribution in [0.15, 0.2) is 73.1 Å². The average molecular weight is 397 g/mol. The van der Waals surface area contributed by atoms with E-state index >= 15 is 0 Å². The molecular weight excluding hydrogens is 374 g/mol. The van der Waals surface area contributed by atoms with Crippen LogP contribution in [0.25, 0.3) is 16.7 Å². The number of benzene rings is 2. The third kappa shape index (κ3) is 3.41. The first kappa shape index (κ1) is 18.4. The summed E-state index contributed by atoms with van der Waals surface area (Å²) in [5.41, 5.74) is 3.72. The lowest BCUT2D eigenvalue weighted by Gasteiger charge is -2.23. The van der Waals surface area contributed by atoms with Gasteiger partial charge in [-0.15, -0.1) is 0 Å². The molecule has 0 saturated carbocycles. The van der Waals surface area contributed by atoms with E-state index in [0.29, 0.717) is 18.8 Å². The van der Waals surface area contributed by atoms with Crippen LogP contribution in [0.3, 0.4) is 0 Å². The summed E-state index contributed by atoms with van der Waals surface area (Å²) in [4.78, 5) is 26.8. The maximum atomic E-state index is 13.3. The Balaban J connectivity index is 1.44. The lowest BCUT2D eigenvalue weighted by Crippen LogP contribution is -2.33. The Morgan fingerprint density at radius 3 is 2.23 bits per heavy atom. The van der Waals surface area contributed by atoms with Crippen LogP contribution in [0.4, 0.5) is 11.6 Å². The van der Waals surface area contributed by atoms with Gasteiger partial charge < -0.3 is 9.47 Å². The topological polar surface area (TPSA) is 54.3 Å². The van der Waals surface area contributed by atoms with Gasteiger partial charge in [0.05, 0.1) is 17.5 Å². The number of fused-ring (bicyclic) bond motifs is 2. The van der Waals surface area contributed by atoms with Crippen LogP contribution >= 0.6 is 0 Å². The van der Waals surface area contributed by atoms with Crippen LogP contribution < -0.4 is 9.80 Å². The van der Waals surface area contributed by atoms with Crippen LogP contribution in [0.5, 0.6) is 0 Å². The van der Waals surface area contributed by atoms with Crippen molar-refractivity contribution >= 4 is 28.6 Å². The van der Waals surface area contributed by atoms with E-state index in [2.05, 4.69) is 4.90 Å². The van der Waals surface area contributed by atoms with Crippen molar-refractivity contribution in [3.8, 4) is 5.69 Å². The molecule has 30 heavy (non-hydrogen) atoms. The van der Waals surface area contributed by atoms with Crippen molar-refractivity contribution in [1.29, 1.82) is 0 Å². The van der Waals surface area contributed by atoms with Crippen molar-refractivity contribution in [2.75, 3.05) is 29.9 Å². The van der Waals surface area contributed by atoms with E-state index in [1.165, 1.54) is 0 Å². The third-order valence-corrected chi connectivity index (χ3v) is 5.52. The van der Waals surface area contributed by atoms with E-state index < -0.39 is 0 Å². The molecular formula is C24H23N5O. The zero-order valence-electron chi connectivity index (χ0n) is 16.9. The highest BCUT2D eigenvalue weighted by molar-refractivity contribution is 5.97. The van der Waals surface area contributed by atoms with Gasteiger partial charge in [0, 0.05) is 38.2 Å². The quantitative estimate of drug-likeness (QED) is 0.527. The summed E-state index contributed by atoms with van der Waals surface area (Å²) in [5.74, 6) is 1.47. The Morgan fingerprint density at radius 2 is 1.53 bits per heavy atom. The van der Waals surface area contributed by atoms with Gasteiger partial charge in [-0.25, -0.2) is 9.97 Å². The molecule has 1 amide bonds. The Morgan fingerprint density at radius 1 is 0.867 bits per heavy atom. The summed E-state index contributed by atoms with van der Waals surface area (Å²) in [7, 11) is 2.01. The number of hydrogen-bond donors (Lipinski definition) is 0. The molecule has 5 rings (SSSR count). The molecule has 3 heterocycles. The smallest absolute Gasteiger partial charge is 0.232 e. The zero-order chi connectivity index (χ0) is 20.5. The molecule has 1 aliphatic rings. The van der Waals surface area contributed by atoms with Gasteiger partial charge >= 0.3 is 0 Å². The Bertz CT molecular complexity index is 1180. The molecule has 0 spiro atoms. The molecule has 2 aromatic carbocycles. The largest absolute Gasteiger partial charge is 0.357 e. The third-order valence-electron chi connectivity index (χ3n) is 5.52. The second-order valence-corrected chi connectivity index (χ2v) is 7.61. The molecule has 0 fully saturated rings. The molecule has 0 bridgehead atoms. The molecule has 0 unspecified atom stereocenters. The highest BCUT2D eigenvalue weighted by atomic mass is 16.2. The molecule has 0 saturated heterocycles. The van der Waals surface area contributed by atoms with Crippen molar-refractivity contribution in [2.45, 2.75) is 12.8 Å². The van der Waals surface area contributed by atoms with Gasteiger partial charge in [-0.2, -0.15) is 0 Å². The van der Waals surface area contributed by atoms with E-state index in [1.54, 1.807) is 4.90 Å². The van der Waals surface area contributed by atoms with E-state index in [9.17, 15) is 4.79 Å². The maximum Gasteiger partial charge on any atom is 0.232 e. The highest BCUT2D eigenvalue weighted by Crippen LogP contribution is 2.30. The number of nitrogens with zero attached hydrogens (tertiary/aromatic N) is 5.